The van der Waals surface area contributed by atoms with Crippen molar-refractivity contribution < 1.29 is 9.53 Å². The Balaban J connectivity index is 1.62. The van der Waals surface area contributed by atoms with Gasteiger partial charge in [0.15, 0.2) is 0 Å². The number of nitrogens with zero attached hydrogens (tertiary/aromatic N) is 1. The van der Waals surface area contributed by atoms with E-state index in [0.717, 1.165) is 28.6 Å². The second kappa shape index (κ2) is 6.57. The minimum Gasteiger partial charge on any atom is -0.497 e. The number of nitrogens with one attached hydrogen (secondary N) is 1. The second-order valence-corrected chi connectivity index (χ2v) is 5.56. The van der Waals surface area contributed by atoms with Gasteiger partial charge in [0.25, 0.3) is 5.91 Å². The van der Waals surface area contributed by atoms with E-state index in [0.29, 0.717) is 12.1 Å². The molecule has 23 heavy (non-hydrogen) atoms. The predicted molar refractivity (Wildman–Crippen MR) is 92.0 cm³/mol. The van der Waals surface area contributed by atoms with Crippen molar-refractivity contribution in [2.24, 2.45) is 7.05 Å². The molecular formula is C19H20N2O2. The summed E-state index contributed by atoms with van der Waals surface area (Å²) in [6.07, 6.45) is 2.77. The van der Waals surface area contributed by atoms with E-state index in [4.69, 9.17) is 4.74 Å². The average molecular weight is 308 g/mol. The van der Waals surface area contributed by atoms with Crippen molar-refractivity contribution in [3.63, 3.8) is 0 Å². The van der Waals surface area contributed by atoms with Crippen molar-refractivity contribution in [2.45, 2.75) is 6.42 Å². The van der Waals surface area contributed by atoms with E-state index in [2.05, 4.69) is 5.32 Å². The van der Waals surface area contributed by atoms with Crippen LogP contribution < -0.4 is 10.1 Å². The Labute approximate surface area is 135 Å². The zero-order valence-corrected chi connectivity index (χ0v) is 13.4. The standard InChI is InChI=1S/C19H20N2O2/c1-21-11-9-15-6-7-16(13-18(15)21)19(22)20-10-8-14-4-3-5-17(12-14)23-2/h3-7,9,11-13H,8,10H2,1-2H3,(H,20,22). The van der Waals surface area contributed by atoms with E-state index in [9.17, 15) is 4.79 Å². The fraction of sp³-hybridized carbons (Fsp3) is 0.211. The van der Waals surface area contributed by atoms with E-state index < -0.39 is 0 Å². The number of hydrogen-bond acceptors (Lipinski definition) is 2. The van der Waals surface area contributed by atoms with Gasteiger partial charge in [-0.2, -0.15) is 0 Å². The fourth-order valence-electron chi connectivity index (χ4n) is 2.65. The lowest BCUT2D eigenvalue weighted by Gasteiger charge is -2.07. The van der Waals surface area contributed by atoms with E-state index in [-0.39, 0.29) is 5.91 Å². The number of carbonyl (C=O) groups is 1. The molecule has 0 aliphatic heterocycles. The lowest BCUT2D eigenvalue weighted by molar-refractivity contribution is 0.0954. The third-order valence-corrected chi connectivity index (χ3v) is 3.98. The number of benzene rings is 2. The molecule has 0 aliphatic carbocycles. The van der Waals surface area contributed by atoms with Crippen molar-refractivity contribution in [1.82, 2.24) is 9.88 Å². The first-order valence-corrected chi connectivity index (χ1v) is 7.63. The summed E-state index contributed by atoms with van der Waals surface area (Å²) in [4.78, 5) is 12.3. The topological polar surface area (TPSA) is 43.3 Å². The molecule has 0 aliphatic rings. The van der Waals surface area contributed by atoms with Crippen LogP contribution in [0.4, 0.5) is 0 Å². The summed E-state index contributed by atoms with van der Waals surface area (Å²) in [7, 11) is 3.63. The molecule has 0 spiro atoms. The lowest BCUT2D eigenvalue weighted by atomic mass is 10.1. The minimum atomic E-state index is -0.0454. The molecule has 1 aromatic heterocycles. The molecule has 0 fully saturated rings. The van der Waals surface area contributed by atoms with Crippen LogP contribution in [0.1, 0.15) is 15.9 Å². The molecule has 1 amide bonds. The fourth-order valence-corrected chi connectivity index (χ4v) is 2.65. The minimum absolute atomic E-state index is 0.0454. The maximum absolute atomic E-state index is 12.3. The maximum atomic E-state index is 12.3. The van der Waals surface area contributed by atoms with Gasteiger partial charge in [0, 0.05) is 30.9 Å². The van der Waals surface area contributed by atoms with Gasteiger partial charge in [0.05, 0.1) is 7.11 Å². The van der Waals surface area contributed by atoms with Gasteiger partial charge in [0.2, 0.25) is 0 Å². The Hall–Kier alpha value is -2.75. The Kier molecular flexibility index (Phi) is 4.33. The normalized spacial score (nSPS) is 10.7. The molecular weight excluding hydrogens is 288 g/mol. The van der Waals surface area contributed by atoms with Crippen molar-refractivity contribution in [3.05, 3.63) is 65.9 Å². The SMILES string of the molecule is COc1cccc(CCNC(=O)c2ccc3ccn(C)c3c2)c1. The predicted octanol–water partition coefficient (Wildman–Crippen LogP) is 3.16. The first-order valence-electron chi connectivity index (χ1n) is 7.63. The van der Waals surface area contributed by atoms with Crippen molar-refractivity contribution in [1.29, 1.82) is 0 Å². The van der Waals surface area contributed by atoms with Crippen LogP contribution in [0.5, 0.6) is 5.75 Å². The number of aryl methyl sites for hydroxylation is 1. The summed E-state index contributed by atoms with van der Waals surface area (Å²) in [6, 6.07) is 15.7. The molecule has 3 rings (SSSR count). The van der Waals surface area contributed by atoms with E-state index in [1.807, 2.05) is 66.3 Å². The Morgan fingerprint density at radius 2 is 2.04 bits per heavy atom. The van der Waals surface area contributed by atoms with Crippen LogP contribution in [0, 0.1) is 0 Å². The molecule has 4 nitrogen and oxygen atoms in total. The molecule has 1 N–H and O–H groups in total. The quantitative estimate of drug-likeness (QED) is 0.787. The van der Waals surface area contributed by atoms with Gasteiger partial charge in [-0.15, -0.1) is 0 Å². The number of amides is 1. The van der Waals surface area contributed by atoms with Gasteiger partial charge in [-0.25, -0.2) is 0 Å². The van der Waals surface area contributed by atoms with Gasteiger partial charge in [-0.3, -0.25) is 4.79 Å². The molecule has 1 heterocycles. The molecule has 118 valence electrons. The van der Waals surface area contributed by atoms with Gasteiger partial charge >= 0.3 is 0 Å². The Bertz CT molecular complexity index is 836. The monoisotopic (exact) mass is 308 g/mol. The van der Waals surface area contributed by atoms with Crippen molar-refractivity contribution in [3.8, 4) is 5.75 Å². The van der Waals surface area contributed by atoms with Crippen molar-refractivity contribution >= 4 is 16.8 Å². The van der Waals surface area contributed by atoms with E-state index in [1.165, 1.54) is 0 Å². The highest BCUT2D eigenvalue weighted by Crippen LogP contribution is 2.17. The van der Waals surface area contributed by atoms with Crippen LogP contribution in [-0.2, 0) is 13.5 Å². The van der Waals surface area contributed by atoms with Gasteiger partial charge in [-0.1, -0.05) is 18.2 Å². The zero-order valence-electron chi connectivity index (χ0n) is 13.4. The summed E-state index contributed by atoms with van der Waals surface area (Å²) in [5.41, 5.74) is 2.89. The molecule has 0 saturated carbocycles. The number of aromatic nitrogens is 1. The molecule has 2 aromatic carbocycles. The van der Waals surface area contributed by atoms with Gasteiger partial charge in [-0.05, 0) is 47.7 Å². The van der Waals surface area contributed by atoms with Crippen LogP contribution in [0.25, 0.3) is 10.9 Å². The second-order valence-electron chi connectivity index (χ2n) is 5.56. The van der Waals surface area contributed by atoms with Crippen LogP contribution in [0.3, 0.4) is 0 Å². The zero-order chi connectivity index (χ0) is 16.2. The third kappa shape index (κ3) is 3.37. The summed E-state index contributed by atoms with van der Waals surface area (Å²) in [5.74, 6) is 0.791. The molecule has 0 atom stereocenters. The number of fused-ring (bicyclic) bond motifs is 1. The number of methoxy groups -OCH3 is 1. The Morgan fingerprint density at radius 3 is 2.87 bits per heavy atom. The number of ether oxygens (including phenoxy) is 1. The number of hydrogen-bond donors (Lipinski definition) is 1. The lowest BCUT2D eigenvalue weighted by Crippen LogP contribution is -2.25. The summed E-state index contributed by atoms with van der Waals surface area (Å²) < 4.78 is 7.22. The first-order chi connectivity index (χ1) is 11.2. The molecule has 0 saturated heterocycles. The first kappa shape index (κ1) is 15.2. The molecule has 4 heteroatoms. The van der Waals surface area contributed by atoms with Crippen LogP contribution in [0.2, 0.25) is 0 Å². The third-order valence-electron chi connectivity index (χ3n) is 3.98. The Morgan fingerprint density at radius 1 is 1.17 bits per heavy atom. The number of carbonyl (C=O) groups excluding carboxylic acids is 1. The summed E-state index contributed by atoms with van der Waals surface area (Å²) in [6.45, 7) is 0.594. The van der Waals surface area contributed by atoms with Gasteiger partial charge < -0.3 is 14.6 Å². The largest absolute Gasteiger partial charge is 0.497 e. The average Bonchev–Trinajstić information content (AvgIpc) is 2.95. The molecule has 0 radical (unpaired) electrons. The smallest absolute Gasteiger partial charge is 0.251 e. The molecule has 0 bridgehead atoms. The molecule has 0 unspecified atom stereocenters. The number of rotatable bonds is 5. The molecule has 3 aromatic rings. The van der Waals surface area contributed by atoms with Gasteiger partial charge in [0.1, 0.15) is 5.75 Å². The highest BCUT2D eigenvalue weighted by atomic mass is 16.5. The van der Waals surface area contributed by atoms with Crippen LogP contribution in [0.15, 0.2) is 54.7 Å². The summed E-state index contributed by atoms with van der Waals surface area (Å²) in [5, 5.41) is 4.11. The highest BCUT2D eigenvalue weighted by molar-refractivity contribution is 5.98. The summed E-state index contributed by atoms with van der Waals surface area (Å²) >= 11 is 0. The van der Waals surface area contributed by atoms with Crippen LogP contribution in [-0.4, -0.2) is 24.1 Å². The van der Waals surface area contributed by atoms with Crippen LogP contribution >= 0.6 is 0 Å². The van der Waals surface area contributed by atoms with Crippen molar-refractivity contribution in [2.75, 3.05) is 13.7 Å². The highest BCUT2D eigenvalue weighted by Gasteiger charge is 2.07. The maximum Gasteiger partial charge on any atom is 0.251 e. The van der Waals surface area contributed by atoms with E-state index >= 15 is 0 Å². The van der Waals surface area contributed by atoms with E-state index in [1.54, 1.807) is 7.11 Å².